The number of nitrogens with two attached hydrogens (primary N) is 1. The van der Waals surface area contributed by atoms with Crippen molar-refractivity contribution in [3.63, 3.8) is 0 Å². The third-order valence-electron chi connectivity index (χ3n) is 3.56. The van der Waals surface area contributed by atoms with E-state index in [4.69, 9.17) is 10.8 Å². The second-order valence-corrected chi connectivity index (χ2v) is 5.51. The van der Waals surface area contributed by atoms with Gasteiger partial charge in [0.15, 0.2) is 0 Å². The van der Waals surface area contributed by atoms with Crippen LogP contribution in [0.15, 0.2) is 48.5 Å². The highest BCUT2D eigenvalue weighted by atomic mass is 16.4. The fraction of sp³-hybridized carbons (Fsp3) is 0.222. The molecule has 0 saturated heterocycles. The van der Waals surface area contributed by atoms with Gasteiger partial charge in [-0.2, -0.15) is 0 Å². The standard InChI is InChI=1S/C18H20N2O3/c1-12-2-8-15(9-3-12)17(21)20-11-14-6-4-13(5-7-14)10-16(19)18(22)23/h2-9,16H,10-11,19H2,1H3,(H,20,21)(H,22,23)/t16-/m0/s1. The van der Waals surface area contributed by atoms with Crippen LogP contribution in [-0.2, 0) is 17.8 Å². The highest BCUT2D eigenvalue weighted by molar-refractivity contribution is 5.94. The summed E-state index contributed by atoms with van der Waals surface area (Å²) < 4.78 is 0. The van der Waals surface area contributed by atoms with Crippen LogP contribution in [0.2, 0.25) is 0 Å². The van der Waals surface area contributed by atoms with Crippen molar-refractivity contribution >= 4 is 11.9 Å². The van der Waals surface area contributed by atoms with Gasteiger partial charge in [0, 0.05) is 12.1 Å². The topological polar surface area (TPSA) is 92.4 Å². The number of aryl methyl sites for hydroxylation is 1. The van der Waals surface area contributed by atoms with Crippen molar-refractivity contribution < 1.29 is 14.7 Å². The number of hydrogen-bond donors (Lipinski definition) is 3. The first kappa shape index (κ1) is 16.7. The van der Waals surface area contributed by atoms with Crippen LogP contribution < -0.4 is 11.1 Å². The predicted octanol–water partition coefficient (Wildman–Crippen LogP) is 1.88. The van der Waals surface area contributed by atoms with E-state index in [1.54, 1.807) is 12.1 Å². The van der Waals surface area contributed by atoms with Crippen LogP contribution in [0.1, 0.15) is 27.0 Å². The maximum absolute atomic E-state index is 12.0. The Balaban J connectivity index is 1.89. The lowest BCUT2D eigenvalue weighted by molar-refractivity contribution is -0.138. The largest absolute Gasteiger partial charge is 0.480 e. The van der Waals surface area contributed by atoms with Gasteiger partial charge in [-0.1, -0.05) is 42.0 Å². The number of aliphatic carboxylic acids is 1. The zero-order chi connectivity index (χ0) is 16.8. The third kappa shape index (κ3) is 4.93. The number of carboxylic acids is 1. The molecule has 2 aromatic rings. The van der Waals surface area contributed by atoms with Gasteiger partial charge in [-0.25, -0.2) is 0 Å². The Labute approximate surface area is 135 Å². The molecule has 23 heavy (non-hydrogen) atoms. The quantitative estimate of drug-likeness (QED) is 0.759. The number of rotatable bonds is 6. The molecule has 0 aliphatic carbocycles. The monoisotopic (exact) mass is 312 g/mol. The van der Waals surface area contributed by atoms with Crippen molar-refractivity contribution in [2.45, 2.75) is 25.9 Å². The molecule has 120 valence electrons. The molecule has 2 rings (SSSR count). The molecule has 2 aromatic carbocycles. The Hall–Kier alpha value is -2.66. The minimum atomic E-state index is -1.01. The summed E-state index contributed by atoms with van der Waals surface area (Å²) in [5, 5.41) is 11.7. The van der Waals surface area contributed by atoms with E-state index in [1.807, 2.05) is 43.3 Å². The van der Waals surface area contributed by atoms with Crippen molar-refractivity contribution in [1.29, 1.82) is 0 Å². The molecular weight excluding hydrogens is 292 g/mol. The lowest BCUT2D eigenvalue weighted by Crippen LogP contribution is -2.32. The highest BCUT2D eigenvalue weighted by Crippen LogP contribution is 2.08. The average Bonchev–Trinajstić information content (AvgIpc) is 2.54. The summed E-state index contributed by atoms with van der Waals surface area (Å²) in [4.78, 5) is 22.8. The molecule has 0 aromatic heterocycles. The van der Waals surface area contributed by atoms with E-state index in [2.05, 4.69) is 5.32 Å². The number of benzene rings is 2. The van der Waals surface area contributed by atoms with Crippen molar-refractivity contribution in [2.24, 2.45) is 5.73 Å². The van der Waals surface area contributed by atoms with Gasteiger partial charge in [-0.15, -0.1) is 0 Å². The van der Waals surface area contributed by atoms with E-state index in [-0.39, 0.29) is 12.3 Å². The van der Waals surface area contributed by atoms with Crippen LogP contribution in [-0.4, -0.2) is 23.0 Å². The Morgan fingerprint density at radius 1 is 1.04 bits per heavy atom. The van der Waals surface area contributed by atoms with Gasteiger partial charge in [0.2, 0.25) is 0 Å². The highest BCUT2D eigenvalue weighted by Gasteiger charge is 2.11. The number of carbonyl (C=O) groups excluding carboxylic acids is 1. The molecule has 5 heteroatoms. The number of carboxylic acid groups (broad SMARTS) is 1. The first-order valence-electron chi connectivity index (χ1n) is 7.37. The Kier molecular flexibility index (Phi) is 5.49. The molecule has 0 radical (unpaired) electrons. The number of amides is 1. The summed E-state index contributed by atoms with van der Waals surface area (Å²) in [5.41, 5.74) is 9.03. The zero-order valence-corrected chi connectivity index (χ0v) is 13.0. The molecular formula is C18H20N2O3. The average molecular weight is 312 g/mol. The van der Waals surface area contributed by atoms with E-state index < -0.39 is 12.0 Å². The first-order chi connectivity index (χ1) is 11.0. The van der Waals surface area contributed by atoms with Crippen LogP contribution in [0.3, 0.4) is 0 Å². The van der Waals surface area contributed by atoms with Gasteiger partial charge in [0.1, 0.15) is 6.04 Å². The summed E-state index contributed by atoms with van der Waals surface area (Å²) >= 11 is 0. The molecule has 0 saturated carbocycles. The molecule has 0 aliphatic rings. The molecule has 1 amide bonds. The SMILES string of the molecule is Cc1ccc(C(=O)NCc2ccc(C[C@H](N)C(=O)O)cc2)cc1. The van der Waals surface area contributed by atoms with Gasteiger partial charge in [-0.05, 0) is 36.6 Å². The summed E-state index contributed by atoms with van der Waals surface area (Å²) in [6, 6.07) is 13.9. The van der Waals surface area contributed by atoms with Crippen LogP contribution in [0.5, 0.6) is 0 Å². The van der Waals surface area contributed by atoms with Gasteiger partial charge in [-0.3, -0.25) is 9.59 Å². The Bertz CT molecular complexity index is 678. The summed E-state index contributed by atoms with van der Waals surface area (Å²) in [5.74, 6) is -1.14. The second-order valence-electron chi connectivity index (χ2n) is 5.51. The summed E-state index contributed by atoms with van der Waals surface area (Å²) in [7, 11) is 0. The van der Waals surface area contributed by atoms with Crippen LogP contribution in [0, 0.1) is 6.92 Å². The summed E-state index contributed by atoms with van der Waals surface area (Å²) in [6.45, 7) is 2.39. The minimum Gasteiger partial charge on any atom is -0.480 e. The van der Waals surface area contributed by atoms with Crippen molar-refractivity contribution in [1.82, 2.24) is 5.32 Å². The van der Waals surface area contributed by atoms with E-state index in [1.165, 1.54) is 0 Å². The van der Waals surface area contributed by atoms with Crippen molar-refractivity contribution in [3.05, 3.63) is 70.8 Å². The molecule has 1 atom stereocenters. The second kappa shape index (κ2) is 7.56. The fourth-order valence-corrected chi connectivity index (χ4v) is 2.12. The van der Waals surface area contributed by atoms with Gasteiger partial charge in [0.05, 0.1) is 0 Å². The van der Waals surface area contributed by atoms with Crippen LogP contribution in [0.25, 0.3) is 0 Å². The molecule has 0 bridgehead atoms. The number of nitrogens with one attached hydrogen (secondary N) is 1. The van der Waals surface area contributed by atoms with E-state index >= 15 is 0 Å². The molecule has 0 unspecified atom stereocenters. The lowest BCUT2D eigenvalue weighted by atomic mass is 10.0. The molecule has 0 spiro atoms. The van der Waals surface area contributed by atoms with E-state index in [9.17, 15) is 9.59 Å². The fourth-order valence-electron chi connectivity index (χ4n) is 2.12. The Morgan fingerprint density at radius 2 is 1.61 bits per heavy atom. The van der Waals surface area contributed by atoms with Gasteiger partial charge >= 0.3 is 5.97 Å². The van der Waals surface area contributed by atoms with Crippen molar-refractivity contribution in [3.8, 4) is 0 Å². The molecule has 0 aliphatic heterocycles. The lowest BCUT2D eigenvalue weighted by Gasteiger charge is -2.09. The third-order valence-corrected chi connectivity index (χ3v) is 3.56. The first-order valence-corrected chi connectivity index (χ1v) is 7.37. The number of carbonyl (C=O) groups is 2. The van der Waals surface area contributed by atoms with Crippen LogP contribution in [0.4, 0.5) is 0 Å². The predicted molar refractivity (Wildman–Crippen MR) is 88.1 cm³/mol. The molecule has 0 fully saturated rings. The Morgan fingerprint density at radius 3 is 2.17 bits per heavy atom. The normalized spacial score (nSPS) is 11.7. The number of hydrogen-bond acceptors (Lipinski definition) is 3. The van der Waals surface area contributed by atoms with Gasteiger partial charge in [0.25, 0.3) is 5.91 Å². The van der Waals surface area contributed by atoms with E-state index in [0.29, 0.717) is 12.1 Å². The van der Waals surface area contributed by atoms with Gasteiger partial charge < -0.3 is 16.2 Å². The van der Waals surface area contributed by atoms with E-state index in [0.717, 1.165) is 16.7 Å². The minimum absolute atomic E-state index is 0.123. The maximum Gasteiger partial charge on any atom is 0.320 e. The van der Waals surface area contributed by atoms with Crippen LogP contribution >= 0.6 is 0 Å². The zero-order valence-electron chi connectivity index (χ0n) is 13.0. The maximum atomic E-state index is 12.0. The molecule has 5 nitrogen and oxygen atoms in total. The molecule has 0 heterocycles. The molecule has 4 N–H and O–H groups in total. The van der Waals surface area contributed by atoms with Crippen molar-refractivity contribution in [2.75, 3.05) is 0 Å². The smallest absolute Gasteiger partial charge is 0.320 e. The summed E-state index contributed by atoms with van der Waals surface area (Å²) in [6.07, 6.45) is 0.283.